The van der Waals surface area contributed by atoms with Crippen LogP contribution < -0.4 is 0 Å². The molecule has 0 N–H and O–H groups in total. The Morgan fingerprint density at radius 2 is 1.11 bits per heavy atom. The lowest BCUT2D eigenvalue weighted by Crippen LogP contribution is -2.57. The van der Waals surface area contributed by atoms with Crippen molar-refractivity contribution in [2.45, 2.75) is 89.0 Å². The van der Waals surface area contributed by atoms with Crippen LogP contribution in [0.15, 0.2) is 0 Å². The summed E-state index contributed by atoms with van der Waals surface area (Å²) in [6.07, 6.45) is 2.49. The summed E-state index contributed by atoms with van der Waals surface area (Å²) in [6.45, 7) is 26.8. The van der Waals surface area contributed by atoms with Crippen LogP contribution in [0.3, 0.4) is 0 Å². The Morgan fingerprint density at radius 1 is 0.722 bits per heavy atom. The molecule has 110 valence electrons. The van der Waals surface area contributed by atoms with E-state index in [1.807, 2.05) is 0 Å². The Bertz CT molecular complexity index is 266. The van der Waals surface area contributed by atoms with Gasteiger partial charge in [-0.3, -0.25) is 0 Å². The smallest absolute Gasteiger partial charge is 0.0170 e. The summed E-state index contributed by atoms with van der Waals surface area (Å²) in [6, 6.07) is 0. The Hall–Kier alpha value is 0. The van der Waals surface area contributed by atoms with Crippen molar-refractivity contribution in [1.29, 1.82) is 0 Å². The lowest BCUT2D eigenvalue weighted by molar-refractivity contribution is -0.154. The van der Waals surface area contributed by atoms with Crippen LogP contribution in [0.2, 0.25) is 0 Å². The Balaban J connectivity index is 6.10. The lowest BCUT2D eigenvalue weighted by atomic mass is 9.41. The standard InChI is InChI=1S/C18H38/c1-12-16(8,9)18(11,15(5,6)7)17(10,13-2)14(3)4/h14H,12-13H2,1-11H3. The fourth-order valence-corrected chi connectivity index (χ4v) is 4.34. The maximum atomic E-state index is 2.54. The molecule has 0 saturated carbocycles. The Labute approximate surface area is 117 Å². The maximum absolute atomic E-state index is 2.54. The topological polar surface area (TPSA) is 0 Å². The molecule has 0 nitrogen and oxygen atoms in total. The summed E-state index contributed by atoms with van der Waals surface area (Å²) in [4.78, 5) is 0. The van der Waals surface area contributed by atoms with Gasteiger partial charge in [-0.25, -0.2) is 0 Å². The van der Waals surface area contributed by atoms with Gasteiger partial charge in [0.15, 0.2) is 0 Å². The minimum atomic E-state index is 0.307. The van der Waals surface area contributed by atoms with Gasteiger partial charge in [0.25, 0.3) is 0 Å². The molecular weight excluding hydrogens is 216 g/mol. The van der Waals surface area contributed by atoms with E-state index in [4.69, 9.17) is 0 Å². The third kappa shape index (κ3) is 2.37. The molecule has 0 aromatic rings. The molecular formula is C18H38. The molecule has 0 heterocycles. The highest BCUT2D eigenvalue weighted by Crippen LogP contribution is 2.65. The van der Waals surface area contributed by atoms with Gasteiger partial charge in [0.05, 0.1) is 0 Å². The average molecular weight is 255 g/mol. The van der Waals surface area contributed by atoms with Gasteiger partial charge < -0.3 is 0 Å². The van der Waals surface area contributed by atoms with Crippen LogP contribution in [0.1, 0.15) is 89.0 Å². The van der Waals surface area contributed by atoms with E-state index in [9.17, 15) is 0 Å². The number of hydrogen-bond donors (Lipinski definition) is 0. The molecule has 0 heteroatoms. The lowest BCUT2D eigenvalue weighted by Gasteiger charge is -2.64. The van der Waals surface area contributed by atoms with Crippen LogP contribution in [0, 0.1) is 27.6 Å². The molecule has 0 aromatic heterocycles. The van der Waals surface area contributed by atoms with Crippen LogP contribution in [0.25, 0.3) is 0 Å². The van der Waals surface area contributed by atoms with Gasteiger partial charge in [0.1, 0.15) is 0 Å². The van der Waals surface area contributed by atoms with E-state index in [0.717, 1.165) is 0 Å². The van der Waals surface area contributed by atoms with Crippen LogP contribution in [0.5, 0.6) is 0 Å². The molecule has 0 aromatic carbocycles. The highest BCUT2D eigenvalue weighted by atomic mass is 14.6. The fraction of sp³-hybridized carbons (Fsp3) is 1.00. The minimum absolute atomic E-state index is 0.307. The monoisotopic (exact) mass is 254 g/mol. The van der Waals surface area contributed by atoms with Gasteiger partial charge in [-0.2, -0.15) is 0 Å². The molecule has 0 fully saturated rings. The van der Waals surface area contributed by atoms with Crippen LogP contribution >= 0.6 is 0 Å². The highest BCUT2D eigenvalue weighted by molar-refractivity contribution is 5.07. The third-order valence-electron chi connectivity index (χ3n) is 6.89. The van der Waals surface area contributed by atoms with Crippen LogP contribution in [-0.4, -0.2) is 0 Å². The molecule has 0 aliphatic heterocycles. The van der Waals surface area contributed by atoms with E-state index in [-0.39, 0.29) is 0 Å². The molecule has 0 bridgehead atoms. The summed E-state index contributed by atoms with van der Waals surface area (Å²) >= 11 is 0. The van der Waals surface area contributed by atoms with Gasteiger partial charge >= 0.3 is 0 Å². The normalized spacial score (nSPS) is 20.7. The molecule has 18 heavy (non-hydrogen) atoms. The second kappa shape index (κ2) is 5.17. The molecule has 0 spiro atoms. The van der Waals surface area contributed by atoms with Crippen molar-refractivity contribution >= 4 is 0 Å². The summed E-state index contributed by atoms with van der Waals surface area (Å²) in [5.74, 6) is 0.706. The van der Waals surface area contributed by atoms with Gasteiger partial charge in [-0.05, 0) is 34.0 Å². The maximum Gasteiger partial charge on any atom is -0.0170 e. The van der Waals surface area contributed by atoms with Gasteiger partial charge in [0.2, 0.25) is 0 Å². The average Bonchev–Trinajstić information content (AvgIpc) is 2.24. The Kier molecular flexibility index (Phi) is 5.17. The molecule has 0 radical (unpaired) electrons. The quantitative estimate of drug-likeness (QED) is 0.522. The van der Waals surface area contributed by atoms with Crippen molar-refractivity contribution in [1.82, 2.24) is 0 Å². The molecule has 0 rings (SSSR count). The van der Waals surface area contributed by atoms with Gasteiger partial charge in [-0.15, -0.1) is 0 Å². The summed E-state index contributed by atoms with van der Waals surface area (Å²) in [5.41, 5.74) is 1.33. The molecule has 0 saturated heterocycles. The van der Waals surface area contributed by atoms with Crippen molar-refractivity contribution in [2.24, 2.45) is 27.6 Å². The first-order valence-electron chi connectivity index (χ1n) is 7.81. The molecule has 0 aliphatic rings. The largest absolute Gasteiger partial charge is 0.0649 e. The van der Waals surface area contributed by atoms with E-state index in [0.29, 0.717) is 27.6 Å². The zero-order valence-electron chi connectivity index (χ0n) is 15.0. The highest BCUT2D eigenvalue weighted by Gasteiger charge is 2.58. The van der Waals surface area contributed by atoms with Gasteiger partial charge in [0, 0.05) is 0 Å². The number of hydrogen-bond acceptors (Lipinski definition) is 0. The zero-order chi connectivity index (χ0) is 15.0. The first kappa shape index (κ1) is 18.0. The van der Waals surface area contributed by atoms with Crippen molar-refractivity contribution in [3.63, 3.8) is 0 Å². The van der Waals surface area contributed by atoms with Crippen molar-refractivity contribution < 1.29 is 0 Å². The predicted molar refractivity (Wildman–Crippen MR) is 84.9 cm³/mol. The Morgan fingerprint density at radius 3 is 1.28 bits per heavy atom. The fourth-order valence-electron chi connectivity index (χ4n) is 4.34. The van der Waals surface area contributed by atoms with Crippen molar-refractivity contribution in [2.75, 3.05) is 0 Å². The second-order valence-electron chi connectivity index (χ2n) is 8.54. The second-order valence-corrected chi connectivity index (χ2v) is 8.54. The zero-order valence-corrected chi connectivity index (χ0v) is 15.0. The van der Waals surface area contributed by atoms with Crippen molar-refractivity contribution in [3.8, 4) is 0 Å². The van der Waals surface area contributed by atoms with Gasteiger partial charge in [-0.1, -0.05) is 82.6 Å². The first-order chi connectivity index (χ1) is 7.81. The van der Waals surface area contributed by atoms with Crippen LogP contribution in [-0.2, 0) is 0 Å². The van der Waals surface area contributed by atoms with E-state index < -0.39 is 0 Å². The molecule has 2 unspecified atom stereocenters. The van der Waals surface area contributed by atoms with E-state index in [1.54, 1.807) is 0 Å². The summed E-state index contributed by atoms with van der Waals surface area (Å²) in [7, 11) is 0. The molecule has 0 amide bonds. The number of rotatable bonds is 5. The van der Waals surface area contributed by atoms with E-state index in [2.05, 4.69) is 76.2 Å². The predicted octanol–water partition coefficient (Wildman–Crippen LogP) is 6.55. The minimum Gasteiger partial charge on any atom is -0.0649 e. The van der Waals surface area contributed by atoms with Crippen LogP contribution in [0.4, 0.5) is 0 Å². The molecule has 0 aliphatic carbocycles. The van der Waals surface area contributed by atoms with E-state index >= 15 is 0 Å². The SMILES string of the molecule is CCC(C)(C)C(C)(C(C)(C)C)C(C)(CC)C(C)C. The summed E-state index contributed by atoms with van der Waals surface area (Å²) in [5, 5.41) is 0. The van der Waals surface area contributed by atoms with Crippen molar-refractivity contribution in [3.05, 3.63) is 0 Å². The molecule has 2 atom stereocenters. The third-order valence-corrected chi connectivity index (χ3v) is 6.89. The summed E-state index contributed by atoms with van der Waals surface area (Å²) < 4.78 is 0. The van der Waals surface area contributed by atoms with E-state index in [1.165, 1.54) is 12.8 Å². The first-order valence-corrected chi connectivity index (χ1v) is 7.81.